The Hall–Kier alpha value is -3.32. The Labute approximate surface area is 157 Å². The molecule has 3 rings (SSSR count). The van der Waals surface area contributed by atoms with Crippen molar-refractivity contribution in [3.63, 3.8) is 0 Å². The fourth-order valence-corrected chi connectivity index (χ4v) is 2.92. The van der Waals surface area contributed by atoms with Crippen molar-refractivity contribution in [2.24, 2.45) is 0 Å². The van der Waals surface area contributed by atoms with Crippen LogP contribution in [-0.4, -0.2) is 29.3 Å². The zero-order chi connectivity index (χ0) is 19.4. The molecule has 0 aliphatic heterocycles. The minimum atomic E-state index is -0.00279. The molecule has 0 saturated heterocycles. The van der Waals surface area contributed by atoms with Crippen LogP contribution in [0.4, 0.5) is 11.8 Å². The molecule has 0 aliphatic carbocycles. The summed E-state index contributed by atoms with van der Waals surface area (Å²) in [5, 5.41) is 9.26. The molecule has 0 aliphatic rings. The van der Waals surface area contributed by atoms with Gasteiger partial charge in [0.05, 0.1) is 20.8 Å². The standard InChI is InChI=1S/C20H22N4O3/c1-26-17-9-13(7-15-10-23-20(22)24-19(15)21)8-16(18(17)27-2)14-5-3-12(11-25)4-6-14/h3-6,8-10,25H,7,11H2,1-2H3,(H4,21,22,23,24). The first-order chi connectivity index (χ1) is 13.0. The lowest BCUT2D eigenvalue weighted by atomic mass is 9.97. The van der Waals surface area contributed by atoms with E-state index in [2.05, 4.69) is 9.97 Å². The van der Waals surface area contributed by atoms with Crippen LogP contribution in [0.1, 0.15) is 16.7 Å². The number of methoxy groups -OCH3 is 2. The maximum Gasteiger partial charge on any atom is 0.221 e. The first kappa shape index (κ1) is 18.5. The van der Waals surface area contributed by atoms with Crippen LogP contribution in [0.15, 0.2) is 42.6 Å². The van der Waals surface area contributed by atoms with E-state index in [1.807, 2.05) is 36.4 Å². The van der Waals surface area contributed by atoms with Crippen molar-refractivity contribution in [3.8, 4) is 22.6 Å². The van der Waals surface area contributed by atoms with Crippen molar-refractivity contribution in [3.05, 3.63) is 59.3 Å². The Morgan fingerprint density at radius 2 is 1.74 bits per heavy atom. The minimum absolute atomic E-state index is 0.00279. The van der Waals surface area contributed by atoms with Gasteiger partial charge >= 0.3 is 0 Å². The monoisotopic (exact) mass is 366 g/mol. The van der Waals surface area contributed by atoms with Gasteiger partial charge in [0, 0.05) is 23.7 Å². The number of nitrogens with zero attached hydrogens (tertiary/aromatic N) is 2. The van der Waals surface area contributed by atoms with Crippen LogP contribution in [-0.2, 0) is 13.0 Å². The van der Waals surface area contributed by atoms with E-state index in [1.165, 1.54) is 0 Å². The maximum absolute atomic E-state index is 9.26. The predicted molar refractivity (Wildman–Crippen MR) is 105 cm³/mol. The van der Waals surface area contributed by atoms with Crippen molar-refractivity contribution in [1.82, 2.24) is 9.97 Å². The predicted octanol–water partition coefficient (Wildman–Crippen LogP) is 2.41. The molecule has 0 unspecified atom stereocenters. The number of hydrogen-bond donors (Lipinski definition) is 3. The Morgan fingerprint density at radius 1 is 1.00 bits per heavy atom. The van der Waals surface area contributed by atoms with E-state index in [0.29, 0.717) is 23.7 Å². The summed E-state index contributed by atoms with van der Waals surface area (Å²) in [7, 11) is 3.20. The summed E-state index contributed by atoms with van der Waals surface area (Å²) in [6.07, 6.45) is 2.15. The number of nitrogens with two attached hydrogens (primary N) is 2. The lowest BCUT2D eigenvalue weighted by Gasteiger charge is -2.16. The van der Waals surface area contributed by atoms with Gasteiger partial charge in [0.25, 0.3) is 0 Å². The highest BCUT2D eigenvalue weighted by Gasteiger charge is 2.15. The van der Waals surface area contributed by atoms with Crippen LogP contribution >= 0.6 is 0 Å². The molecule has 5 N–H and O–H groups in total. The molecule has 7 nitrogen and oxygen atoms in total. The van der Waals surface area contributed by atoms with Gasteiger partial charge in [-0.15, -0.1) is 0 Å². The molecule has 0 radical (unpaired) electrons. The Morgan fingerprint density at radius 3 is 2.33 bits per heavy atom. The number of anilines is 2. The number of benzene rings is 2. The van der Waals surface area contributed by atoms with Crippen LogP contribution in [0.3, 0.4) is 0 Å². The Bertz CT molecular complexity index is 943. The number of aromatic nitrogens is 2. The number of ether oxygens (including phenoxy) is 2. The lowest BCUT2D eigenvalue weighted by Crippen LogP contribution is -2.04. The fraction of sp³-hybridized carbons (Fsp3) is 0.200. The van der Waals surface area contributed by atoms with Crippen molar-refractivity contribution in [2.75, 3.05) is 25.7 Å². The summed E-state index contributed by atoms with van der Waals surface area (Å²) in [5.41, 5.74) is 16.0. The van der Waals surface area contributed by atoms with Crippen molar-refractivity contribution >= 4 is 11.8 Å². The average molecular weight is 366 g/mol. The highest BCUT2D eigenvalue weighted by atomic mass is 16.5. The van der Waals surface area contributed by atoms with E-state index in [4.69, 9.17) is 20.9 Å². The summed E-state index contributed by atoms with van der Waals surface area (Å²) in [6.45, 7) is -0.00279. The zero-order valence-corrected chi connectivity index (χ0v) is 15.3. The van der Waals surface area contributed by atoms with Crippen LogP contribution < -0.4 is 20.9 Å². The molecular formula is C20H22N4O3. The molecule has 140 valence electrons. The smallest absolute Gasteiger partial charge is 0.221 e. The molecule has 7 heteroatoms. The molecule has 0 amide bonds. The highest BCUT2D eigenvalue weighted by Crippen LogP contribution is 2.40. The first-order valence-corrected chi connectivity index (χ1v) is 8.37. The molecule has 0 fully saturated rings. The molecule has 0 saturated carbocycles. The summed E-state index contributed by atoms with van der Waals surface area (Å²) < 4.78 is 11.1. The van der Waals surface area contributed by atoms with Gasteiger partial charge in [-0.2, -0.15) is 4.98 Å². The van der Waals surface area contributed by atoms with E-state index in [-0.39, 0.29) is 12.6 Å². The molecule has 27 heavy (non-hydrogen) atoms. The Balaban J connectivity index is 2.07. The molecule has 2 aromatic carbocycles. The summed E-state index contributed by atoms with van der Waals surface area (Å²) in [4.78, 5) is 8.03. The number of nitrogen functional groups attached to an aromatic ring is 2. The first-order valence-electron chi connectivity index (χ1n) is 8.37. The minimum Gasteiger partial charge on any atom is -0.493 e. The van der Waals surface area contributed by atoms with Crippen LogP contribution in [0.2, 0.25) is 0 Å². The average Bonchev–Trinajstić information content (AvgIpc) is 2.69. The second kappa shape index (κ2) is 7.92. The van der Waals surface area contributed by atoms with Gasteiger partial charge in [-0.3, -0.25) is 0 Å². The SMILES string of the molecule is COc1cc(Cc2cnc(N)nc2N)cc(-c2ccc(CO)cc2)c1OC. The van der Waals surface area contributed by atoms with Crippen LogP contribution in [0, 0.1) is 0 Å². The van der Waals surface area contributed by atoms with Crippen LogP contribution in [0.5, 0.6) is 11.5 Å². The third-order valence-corrected chi connectivity index (χ3v) is 4.30. The summed E-state index contributed by atoms with van der Waals surface area (Å²) in [6, 6.07) is 11.5. The number of rotatable bonds is 6. The third-order valence-electron chi connectivity index (χ3n) is 4.30. The summed E-state index contributed by atoms with van der Waals surface area (Å²) in [5.74, 6) is 1.75. The fourth-order valence-electron chi connectivity index (χ4n) is 2.92. The summed E-state index contributed by atoms with van der Waals surface area (Å²) >= 11 is 0. The van der Waals surface area contributed by atoms with E-state index < -0.39 is 0 Å². The molecule has 1 heterocycles. The van der Waals surface area contributed by atoms with Crippen molar-refractivity contribution in [1.29, 1.82) is 0 Å². The molecule has 0 spiro atoms. The van der Waals surface area contributed by atoms with E-state index in [0.717, 1.165) is 27.8 Å². The van der Waals surface area contributed by atoms with Gasteiger partial charge in [-0.25, -0.2) is 4.98 Å². The van der Waals surface area contributed by atoms with Gasteiger partial charge in [0.15, 0.2) is 11.5 Å². The van der Waals surface area contributed by atoms with Gasteiger partial charge in [-0.05, 0) is 28.8 Å². The highest BCUT2D eigenvalue weighted by molar-refractivity contribution is 5.75. The number of aliphatic hydroxyl groups excluding tert-OH is 1. The van der Waals surface area contributed by atoms with E-state index in [9.17, 15) is 5.11 Å². The van der Waals surface area contributed by atoms with E-state index in [1.54, 1.807) is 20.4 Å². The normalized spacial score (nSPS) is 10.6. The van der Waals surface area contributed by atoms with Gasteiger partial charge in [0.1, 0.15) is 5.82 Å². The van der Waals surface area contributed by atoms with Gasteiger partial charge < -0.3 is 26.0 Å². The second-order valence-corrected chi connectivity index (χ2v) is 6.05. The number of hydrogen-bond acceptors (Lipinski definition) is 7. The lowest BCUT2D eigenvalue weighted by molar-refractivity contribution is 0.282. The maximum atomic E-state index is 9.26. The molecule has 0 atom stereocenters. The molecule has 3 aromatic rings. The van der Waals surface area contributed by atoms with E-state index >= 15 is 0 Å². The van der Waals surface area contributed by atoms with Gasteiger partial charge in [-0.1, -0.05) is 24.3 Å². The molecule has 0 bridgehead atoms. The van der Waals surface area contributed by atoms with Gasteiger partial charge in [0.2, 0.25) is 5.95 Å². The Kier molecular flexibility index (Phi) is 5.42. The quantitative estimate of drug-likeness (QED) is 0.613. The van der Waals surface area contributed by atoms with Crippen molar-refractivity contribution in [2.45, 2.75) is 13.0 Å². The zero-order valence-electron chi connectivity index (χ0n) is 15.3. The second-order valence-electron chi connectivity index (χ2n) is 6.05. The van der Waals surface area contributed by atoms with Crippen LogP contribution in [0.25, 0.3) is 11.1 Å². The molecular weight excluding hydrogens is 344 g/mol. The topological polar surface area (TPSA) is 117 Å². The third kappa shape index (κ3) is 3.93. The number of aliphatic hydroxyl groups is 1. The molecule has 1 aromatic heterocycles. The van der Waals surface area contributed by atoms with Crippen molar-refractivity contribution < 1.29 is 14.6 Å². The largest absolute Gasteiger partial charge is 0.493 e.